The van der Waals surface area contributed by atoms with E-state index in [1.165, 1.54) is 17.7 Å². The van der Waals surface area contributed by atoms with Crippen LogP contribution in [0.4, 0.5) is 0 Å². The molecule has 116 valence electrons. The van der Waals surface area contributed by atoms with Crippen molar-refractivity contribution in [3.05, 3.63) is 35.1 Å². The van der Waals surface area contributed by atoms with Crippen LogP contribution in [0.25, 0.3) is 10.6 Å². The number of thiazole rings is 1. The highest BCUT2D eigenvalue weighted by molar-refractivity contribution is 7.15. The Morgan fingerprint density at radius 2 is 2.23 bits per heavy atom. The van der Waals surface area contributed by atoms with Crippen molar-refractivity contribution in [2.24, 2.45) is 5.92 Å². The zero-order valence-electron chi connectivity index (χ0n) is 12.8. The van der Waals surface area contributed by atoms with Gasteiger partial charge in [0.25, 0.3) is 0 Å². The van der Waals surface area contributed by atoms with Gasteiger partial charge in [0.15, 0.2) is 0 Å². The van der Waals surface area contributed by atoms with Gasteiger partial charge in [-0.25, -0.2) is 4.98 Å². The van der Waals surface area contributed by atoms with Gasteiger partial charge < -0.3 is 5.32 Å². The van der Waals surface area contributed by atoms with Gasteiger partial charge >= 0.3 is 0 Å². The largest absolute Gasteiger partial charge is 0.356 e. The molecule has 0 unspecified atom stereocenters. The van der Waals surface area contributed by atoms with Gasteiger partial charge in [-0.3, -0.25) is 9.78 Å². The first-order valence-electron chi connectivity index (χ1n) is 7.88. The molecule has 1 aliphatic rings. The number of hydrogen-bond acceptors (Lipinski definition) is 4. The molecule has 22 heavy (non-hydrogen) atoms. The average molecular weight is 315 g/mol. The highest BCUT2D eigenvalue weighted by Gasteiger charge is 2.22. The Morgan fingerprint density at radius 3 is 2.95 bits per heavy atom. The van der Waals surface area contributed by atoms with Crippen LogP contribution in [0, 0.1) is 12.8 Å². The zero-order chi connectivity index (χ0) is 15.4. The fourth-order valence-electron chi connectivity index (χ4n) is 2.90. The van der Waals surface area contributed by atoms with Crippen LogP contribution >= 0.6 is 11.3 Å². The highest BCUT2D eigenvalue weighted by Crippen LogP contribution is 2.28. The first-order valence-corrected chi connectivity index (χ1v) is 8.70. The molecule has 5 heteroatoms. The topological polar surface area (TPSA) is 54.9 Å². The number of nitrogens with zero attached hydrogens (tertiary/aromatic N) is 2. The van der Waals surface area contributed by atoms with Gasteiger partial charge in [-0.05, 0) is 31.9 Å². The van der Waals surface area contributed by atoms with Crippen LogP contribution in [0.3, 0.4) is 0 Å². The second kappa shape index (κ2) is 7.01. The molecule has 0 bridgehead atoms. The monoisotopic (exact) mass is 315 g/mol. The van der Waals surface area contributed by atoms with Gasteiger partial charge in [-0.15, -0.1) is 11.3 Å². The smallest absolute Gasteiger partial charge is 0.223 e. The number of pyridine rings is 1. The SMILES string of the molecule is Cc1nc(-c2cccnc2)sc1CCNC(=O)C1CCCC1. The van der Waals surface area contributed by atoms with Gasteiger partial charge in [-0.2, -0.15) is 0 Å². The van der Waals surface area contributed by atoms with Crippen molar-refractivity contribution in [1.82, 2.24) is 15.3 Å². The summed E-state index contributed by atoms with van der Waals surface area (Å²) in [5.74, 6) is 0.473. The predicted octanol–water partition coefficient (Wildman–Crippen LogP) is 3.36. The second-order valence-electron chi connectivity index (χ2n) is 5.79. The summed E-state index contributed by atoms with van der Waals surface area (Å²) in [4.78, 5) is 22.0. The van der Waals surface area contributed by atoms with Crippen LogP contribution < -0.4 is 5.32 Å². The summed E-state index contributed by atoms with van der Waals surface area (Å²) in [6, 6.07) is 3.95. The first kappa shape index (κ1) is 15.2. The Balaban J connectivity index is 1.57. The summed E-state index contributed by atoms with van der Waals surface area (Å²) in [5.41, 5.74) is 2.11. The first-order chi connectivity index (χ1) is 10.7. The average Bonchev–Trinajstić information content (AvgIpc) is 3.18. The van der Waals surface area contributed by atoms with Crippen molar-refractivity contribution in [1.29, 1.82) is 0 Å². The quantitative estimate of drug-likeness (QED) is 0.920. The molecule has 1 fully saturated rings. The summed E-state index contributed by atoms with van der Waals surface area (Å²) in [6.07, 6.45) is 8.95. The van der Waals surface area contributed by atoms with Gasteiger partial charge in [0, 0.05) is 41.7 Å². The molecule has 1 saturated carbocycles. The molecule has 0 atom stereocenters. The van der Waals surface area contributed by atoms with Gasteiger partial charge in [0.05, 0.1) is 5.69 Å². The third-order valence-corrected chi connectivity index (χ3v) is 5.44. The van der Waals surface area contributed by atoms with E-state index in [9.17, 15) is 4.79 Å². The minimum atomic E-state index is 0.229. The van der Waals surface area contributed by atoms with E-state index in [0.717, 1.165) is 35.5 Å². The number of hydrogen-bond donors (Lipinski definition) is 1. The Morgan fingerprint density at radius 1 is 1.41 bits per heavy atom. The Hall–Kier alpha value is -1.75. The molecule has 2 heterocycles. The van der Waals surface area contributed by atoms with Crippen LogP contribution in [-0.2, 0) is 11.2 Å². The van der Waals surface area contributed by atoms with Crippen molar-refractivity contribution in [3.63, 3.8) is 0 Å². The highest BCUT2D eigenvalue weighted by atomic mass is 32.1. The van der Waals surface area contributed by atoms with Crippen molar-refractivity contribution in [2.45, 2.75) is 39.0 Å². The molecule has 3 rings (SSSR count). The predicted molar refractivity (Wildman–Crippen MR) is 88.8 cm³/mol. The van der Waals surface area contributed by atoms with Crippen LogP contribution in [0.1, 0.15) is 36.3 Å². The lowest BCUT2D eigenvalue weighted by atomic mass is 10.1. The molecule has 1 aliphatic carbocycles. The van der Waals surface area contributed by atoms with Crippen LogP contribution in [0.5, 0.6) is 0 Å². The van der Waals surface area contributed by atoms with Gasteiger partial charge in [0.1, 0.15) is 5.01 Å². The second-order valence-corrected chi connectivity index (χ2v) is 6.88. The lowest BCUT2D eigenvalue weighted by Gasteiger charge is -2.09. The number of carbonyl (C=O) groups is 1. The molecule has 0 spiro atoms. The summed E-state index contributed by atoms with van der Waals surface area (Å²) < 4.78 is 0. The van der Waals surface area contributed by atoms with Crippen molar-refractivity contribution < 1.29 is 4.79 Å². The number of nitrogens with one attached hydrogen (secondary N) is 1. The Bertz CT molecular complexity index is 633. The lowest BCUT2D eigenvalue weighted by molar-refractivity contribution is -0.124. The van der Waals surface area contributed by atoms with Crippen molar-refractivity contribution in [2.75, 3.05) is 6.54 Å². The van der Waals surface area contributed by atoms with Crippen LogP contribution in [0.2, 0.25) is 0 Å². The third kappa shape index (κ3) is 3.53. The summed E-state index contributed by atoms with van der Waals surface area (Å²) in [6.45, 7) is 2.73. The van der Waals surface area contributed by atoms with E-state index in [1.54, 1.807) is 17.5 Å². The number of rotatable bonds is 5. The molecule has 0 aromatic carbocycles. The minimum Gasteiger partial charge on any atom is -0.356 e. The Labute approximate surface area is 135 Å². The molecular weight excluding hydrogens is 294 g/mol. The maximum atomic E-state index is 12.0. The molecule has 0 aliphatic heterocycles. The zero-order valence-corrected chi connectivity index (χ0v) is 13.7. The number of amides is 1. The molecule has 0 saturated heterocycles. The normalized spacial score (nSPS) is 15.1. The van der Waals surface area contributed by atoms with E-state index in [2.05, 4.69) is 15.3 Å². The number of aromatic nitrogens is 2. The van der Waals surface area contributed by atoms with Gasteiger partial charge in [-0.1, -0.05) is 12.8 Å². The fourth-order valence-corrected chi connectivity index (χ4v) is 3.96. The van der Waals surface area contributed by atoms with E-state index < -0.39 is 0 Å². The van der Waals surface area contributed by atoms with Crippen molar-refractivity contribution in [3.8, 4) is 10.6 Å². The molecule has 4 nitrogen and oxygen atoms in total. The van der Waals surface area contributed by atoms with E-state index in [1.807, 2.05) is 25.3 Å². The summed E-state index contributed by atoms with van der Waals surface area (Å²) in [7, 11) is 0. The lowest BCUT2D eigenvalue weighted by Crippen LogP contribution is -2.30. The maximum Gasteiger partial charge on any atom is 0.223 e. The molecule has 0 radical (unpaired) electrons. The minimum absolute atomic E-state index is 0.229. The van der Waals surface area contributed by atoms with E-state index in [4.69, 9.17) is 0 Å². The van der Waals surface area contributed by atoms with E-state index >= 15 is 0 Å². The molecule has 1 N–H and O–H groups in total. The third-order valence-electron chi connectivity index (χ3n) is 4.18. The standard InChI is InChI=1S/C17H21N3OS/c1-12-15(8-10-19-16(21)13-5-2-3-6-13)22-17(20-12)14-7-4-9-18-11-14/h4,7,9,11,13H,2-3,5-6,8,10H2,1H3,(H,19,21). The van der Waals surface area contributed by atoms with Crippen molar-refractivity contribution >= 4 is 17.2 Å². The molecular formula is C17H21N3OS. The maximum absolute atomic E-state index is 12.0. The van der Waals surface area contributed by atoms with E-state index in [0.29, 0.717) is 6.54 Å². The molecule has 2 aromatic rings. The summed E-state index contributed by atoms with van der Waals surface area (Å²) >= 11 is 1.69. The van der Waals surface area contributed by atoms with Gasteiger partial charge in [0.2, 0.25) is 5.91 Å². The summed E-state index contributed by atoms with van der Waals surface area (Å²) in [5, 5.41) is 4.08. The van der Waals surface area contributed by atoms with E-state index in [-0.39, 0.29) is 11.8 Å². The Kier molecular flexibility index (Phi) is 4.83. The number of aryl methyl sites for hydroxylation is 1. The van der Waals surface area contributed by atoms with Crippen LogP contribution in [-0.4, -0.2) is 22.4 Å². The van der Waals surface area contributed by atoms with Crippen LogP contribution in [0.15, 0.2) is 24.5 Å². The molecule has 1 amide bonds. The number of carbonyl (C=O) groups excluding carboxylic acids is 1. The fraction of sp³-hybridized carbons (Fsp3) is 0.471. The molecule has 2 aromatic heterocycles.